The second kappa shape index (κ2) is 4.88. The summed E-state index contributed by atoms with van der Waals surface area (Å²) in [4.78, 5) is 0. The van der Waals surface area contributed by atoms with Crippen molar-refractivity contribution < 1.29 is 0 Å². The molecule has 0 saturated carbocycles. The van der Waals surface area contributed by atoms with Crippen molar-refractivity contribution in [1.29, 1.82) is 0 Å². The van der Waals surface area contributed by atoms with E-state index in [4.69, 9.17) is 11.6 Å². The van der Waals surface area contributed by atoms with E-state index in [1.165, 1.54) is 21.2 Å². The molecule has 0 saturated heterocycles. The Morgan fingerprint density at radius 1 is 1.20 bits per heavy atom. The van der Waals surface area contributed by atoms with Gasteiger partial charge < -0.3 is 0 Å². The Bertz CT molecular complexity index is 350. The first-order valence-electron chi connectivity index (χ1n) is 5.28. The summed E-state index contributed by atoms with van der Waals surface area (Å²) in [5, 5.41) is 0. The van der Waals surface area contributed by atoms with Crippen LogP contribution in [-0.2, 0) is 17.7 Å². The van der Waals surface area contributed by atoms with E-state index in [9.17, 15) is 0 Å². The molecule has 0 bridgehead atoms. The van der Waals surface area contributed by atoms with Gasteiger partial charge in [-0.1, -0.05) is 49.7 Å². The van der Waals surface area contributed by atoms with Gasteiger partial charge in [0.1, 0.15) is 0 Å². The summed E-state index contributed by atoms with van der Waals surface area (Å²) in [7, 11) is 0. The van der Waals surface area contributed by atoms with E-state index in [2.05, 4.69) is 55.8 Å². The summed E-state index contributed by atoms with van der Waals surface area (Å²) >= 11 is 9.61. The minimum absolute atomic E-state index is 0.159. The van der Waals surface area contributed by atoms with Crippen LogP contribution >= 0.6 is 27.5 Å². The number of hydrogen-bond donors (Lipinski definition) is 0. The molecule has 1 rings (SSSR count). The molecule has 0 aliphatic rings. The molecule has 2 heteroatoms. The highest BCUT2D eigenvalue weighted by Crippen LogP contribution is 2.32. The lowest BCUT2D eigenvalue weighted by atomic mass is 9.85. The molecule has 0 atom stereocenters. The van der Waals surface area contributed by atoms with E-state index in [0.29, 0.717) is 5.88 Å². The van der Waals surface area contributed by atoms with Crippen LogP contribution in [0.1, 0.15) is 44.4 Å². The standard InChI is InChI=1S/C13H18BrCl/c1-5-9-7-12(14)11(13(2,3)4)6-10(9)8-15/h6-7H,5,8H2,1-4H3. The lowest BCUT2D eigenvalue weighted by molar-refractivity contribution is 0.586. The Morgan fingerprint density at radius 2 is 1.80 bits per heavy atom. The topological polar surface area (TPSA) is 0 Å². The van der Waals surface area contributed by atoms with Crippen LogP contribution in [0.5, 0.6) is 0 Å². The SMILES string of the molecule is CCc1cc(Br)c(C(C)(C)C)cc1CCl. The van der Waals surface area contributed by atoms with Crippen molar-refractivity contribution in [3.8, 4) is 0 Å². The van der Waals surface area contributed by atoms with Gasteiger partial charge in [0.05, 0.1) is 0 Å². The van der Waals surface area contributed by atoms with Gasteiger partial charge in [0.2, 0.25) is 0 Å². The van der Waals surface area contributed by atoms with Crippen molar-refractivity contribution >= 4 is 27.5 Å². The third-order valence-electron chi connectivity index (χ3n) is 2.62. The van der Waals surface area contributed by atoms with Crippen LogP contribution in [0.2, 0.25) is 0 Å². The fourth-order valence-electron chi connectivity index (χ4n) is 1.69. The molecule has 15 heavy (non-hydrogen) atoms. The highest BCUT2D eigenvalue weighted by molar-refractivity contribution is 9.10. The maximum absolute atomic E-state index is 5.97. The van der Waals surface area contributed by atoms with E-state index in [1.807, 2.05) is 0 Å². The van der Waals surface area contributed by atoms with Gasteiger partial charge in [-0.25, -0.2) is 0 Å². The zero-order valence-corrected chi connectivity index (χ0v) is 12.2. The largest absolute Gasteiger partial charge is 0.122 e. The Hall–Kier alpha value is -0.0100. The number of rotatable bonds is 2. The lowest BCUT2D eigenvalue weighted by Crippen LogP contribution is -2.13. The van der Waals surface area contributed by atoms with E-state index in [0.717, 1.165) is 6.42 Å². The summed E-state index contributed by atoms with van der Waals surface area (Å²) < 4.78 is 1.20. The molecular weight excluding hydrogens is 272 g/mol. The summed E-state index contributed by atoms with van der Waals surface area (Å²) in [5.74, 6) is 0.597. The monoisotopic (exact) mass is 288 g/mol. The minimum atomic E-state index is 0.159. The van der Waals surface area contributed by atoms with Gasteiger partial charge in [0.15, 0.2) is 0 Å². The third kappa shape index (κ3) is 2.98. The second-order valence-corrected chi connectivity index (χ2v) is 5.96. The van der Waals surface area contributed by atoms with Crippen molar-refractivity contribution in [3.63, 3.8) is 0 Å². The van der Waals surface area contributed by atoms with Gasteiger partial charge in [0, 0.05) is 10.4 Å². The summed E-state index contributed by atoms with van der Waals surface area (Å²) in [6.45, 7) is 8.82. The molecule has 0 unspecified atom stereocenters. The Morgan fingerprint density at radius 3 is 2.20 bits per heavy atom. The van der Waals surface area contributed by atoms with Crippen LogP contribution in [0.3, 0.4) is 0 Å². The first-order chi connectivity index (χ1) is 6.90. The van der Waals surface area contributed by atoms with Gasteiger partial charge >= 0.3 is 0 Å². The normalized spacial score (nSPS) is 11.9. The average Bonchev–Trinajstić information content (AvgIpc) is 2.15. The van der Waals surface area contributed by atoms with Gasteiger partial charge in [-0.15, -0.1) is 11.6 Å². The minimum Gasteiger partial charge on any atom is -0.122 e. The molecule has 0 aromatic heterocycles. The highest BCUT2D eigenvalue weighted by Gasteiger charge is 2.18. The molecule has 1 aromatic rings. The first kappa shape index (κ1) is 13.1. The average molecular weight is 290 g/mol. The smallest absolute Gasteiger partial charge is 0.0476 e. The zero-order valence-electron chi connectivity index (χ0n) is 9.82. The molecule has 0 N–H and O–H groups in total. The van der Waals surface area contributed by atoms with Crippen LogP contribution in [-0.4, -0.2) is 0 Å². The predicted octanol–water partition coefficient (Wildman–Crippen LogP) is 5.05. The fraction of sp³-hybridized carbons (Fsp3) is 0.538. The van der Waals surface area contributed by atoms with Crippen LogP contribution in [0.25, 0.3) is 0 Å². The number of hydrogen-bond acceptors (Lipinski definition) is 0. The molecule has 0 radical (unpaired) electrons. The fourth-order valence-corrected chi connectivity index (χ4v) is 2.92. The summed E-state index contributed by atoms with van der Waals surface area (Å²) in [5.41, 5.74) is 4.08. The van der Waals surface area contributed by atoms with E-state index in [1.54, 1.807) is 0 Å². The molecule has 0 aliphatic carbocycles. The Kier molecular flexibility index (Phi) is 4.25. The molecule has 0 heterocycles. The first-order valence-corrected chi connectivity index (χ1v) is 6.60. The quantitative estimate of drug-likeness (QED) is 0.669. The van der Waals surface area contributed by atoms with Crippen LogP contribution < -0.4 is 0 Å². The second-order valence-electron chi connectivity index (χ2n) is 4.84. The Balaban J connectivity index is 3.32. The van der Waals surface area contributed by atoms with E-state index >= 15 is 0 Å². The number of aryl methyl sites for hydroxylation is 1. The van der Waals surface area contributed by atoms with Gasteiger partial charge in [-0.2, -0.15) is 0 Å². The molecule has 84 valence electrons. The highest BCUT2D eigenvalue weighted by atomic mass is 79.9. The number of benzene rings is 1. The third-order valence-corrected chi connectivity index (χ3v) is 3.57. The summed E-state index contributed by atoms with van der Waals surface area (Å²) in [6.07, 6.45) is 1.03. The van der Waals surface area contributed by atoms with E-state index in [-0.39, 0.29) is 5.41 Å². The molecule has 0 aliphatic heterocycles. The van der Waals surface area contributed by atoms with Crippen molar-refractivity contribution in [2.75, 3.05) is 0 Å². The number of halogens is 2. The van der Waals surface area contributed by atoms with Crippen LogP contribution in [0, 0.1) is 0 Å². The number of alkyl halides is 1. The van der Waals surface area contributed by atoms with Gasteiger partial charge in [0.25, 0.3) is 0 Å². The van der Waals surface area contributed by atoms with Crippen molar-refractivity contribution in [2.24, 2.45) is 0 Å². The maximum atomic E-state index is 5.97. The van der Waals surface area contributed by atoms with Crippen molar-refractivity contribution in [3.05, 3.63) is 33.3 Å². The van der Waals surface area contributed by atoms with Gasteiger partial charge in [-0.05, 0) is 34.6 Å². The molecule has 0 spiro atoms. The van der Waals surface area contributed by atoms with Crippen LogP contribution in [0.4, 0.5) is 0 Å². The predicted molar refractivity (Wildman–Crippen MR) is 71.8 cm³/mol. The van der Waals surface area contributed by atoms with Crippen molar-refractivity contribution in [2.45, 2.75) is 45.4 Å². The summed E-state index contributed by atoms with van der Waals surface area (Å²) in [6, 6.07) is 4.44. The molecule has 0 fully saturated rings. The molecular formula is C13H18BrCl. The zero-order chi connectivity index (χ0) is 11.6. The maximum Gasteiger partial charge on any atom is 0.0476 e. The lowest BCUT2D eigenvalue weighted by Gasteiger charge is -2.23. The molecule has 0 amide bonds. The van der Waals surface area contributed by atoms with Crippen molar-refractivity contribution in [1.82, 2.24) is 0 Å². The van der Waals surface area contributed by atoms with E-state index < -0.39 is 0 Å². The molecule has 1 aromatic carbocycles. The van der Waals surface area contributed by atoms with Gasteiger partial charge in [-0.3, -0.25) is 0 Å². The van der Waals surface area contributed by atoms with Crippen LogP contribution in [0.15, 0.2) is 16.6 Å². The molecule has 0 nitrogen and oxygen atoms in total. The Labute approximate surface area is 106 Å².